The fourth-order valence-electron chi connectivity index (χ4n) is 5.42. The molecule has 43 heavy (non-hydrogen) atoms. The first-order valence-electron chi connectivity index (χ1n) is 14.1. The second-order valence-electron chi connectivity index (χ2n) is 10.6. The number of pyridine rings is 1. The van der Waals surface area contributed by atoms with E-state index in [2.05, 4.69) is 15.7 Å². The Bertz CT molecular complexity index is 1720. The van der Waals surface area contributed by atoms with Gasteiger partial charge in [-0.1, -0.05) is 66.4 Å². The lowest BCUT2D eigenvalue weighted by molar-refractivity contribution is 0.0901. The normalized spacial score (nSPS) is 16.6. The molecule has 0 bridgehead atoms. The first-order valence-corrected chi connectivity index (χ1v) is 14.8. The predicted octanol–water partition coefficient (Wildman–Crippen LogP) is 5.78. The van der Waals surface area contributed by atoms with Gasteiger partial charge in [0, 0.05) is 48.1 Å². The van der Waals surface area contributed by atoms with E-state index < -0.39 is 11.5 Å². The van der Waals surface area contributed by atoms with Gasteiger partial charge in [-0.2, -0.15) is 5.10 Å². The lowest BCUT2D eigenvalue weighted by atomic mass is 9.92. The minimum absolute atomic E-state index is 0.0454. The molecule has 0 saturated heterocycles. The number of rotatable bonds is 8. The van der Waals surface area contributed by atoms with Crippen LogP contribution in [0.15, 0.2) is 59.5 Å². The maximum Gasteiger partial charge on any atom is 0.279 e. The zero-order valence-electron chi connectivity index (χ0n) is 24.2. The molecule has 1 amide bonds. The first-order chi connectivity index (χ1) is 20.7. The third-order valence-electron chi connectivity index (χ3n) is 7.84. The number of carbonyl (C=O) groups is 1. The number of ether oxygens (including phenoxy) is 1. The zero-order chi connectivity index (χ0) is 30.7. The molecule has 2 heterocycles. The summed E-state index contributed by atoms with van der Waals surface area (Å²) in [6.07, 6.45) is 4.93. The van der Waals surface area contributed by atoms with Crippen molar-refractivity contribution in [1.82, 2.24) is 20.1 Å². The summed E-state index contributed by atoms with van der Waals surface area (Å²) < 4.78 is 6.78. The van der Waals surface area contributed by atoms with Crippen LogP contribution in [0.25, 0.3) is 22.4 Å². The van der Waals surface area contributed by atoms with Crippen LogP contribution >= 0.6 is 23.2 Å². The second kappa shape index (κ2) is 13.3. The summed E-state index contributed by atoms with van der Waals surface area (Å²) in [6, 6.07) is 14.2. The van der Waals surface area contributed by atoms with Crippen LogP contribution in [0.1, 0.15) is 47.2 Å². The number of benzene rings is 2. The number of aliphatic hydroxyl groups excluding tert-OH is 1. The van der Waals surface area contributed by atoms with E-state index >= 15 is 0 Å². The Morgan fingerprint density at radius 3 is 2.51 bits per heavy atom. The molecule has 1 fully saturated rings. The Hall–Kier alpha value is -3.76. The molecule has 0 aliphatic heterocycles. The van der Waals surface area contributed by atoms with Crippen molar-refractivity contribution in [2.24, 2.45) is 7.05 Å². The molecule has 0 spiro atoms. The van der Waals surface area contributed by atoms with Gasteiger partial charge in [0.05, 0.1) is 34.6 Å². The molecule has 1 saturated carbocycles. The lowest BCUT2D eigenvalue weighted by Gasteiger charge is -2.29. The van der Waals surface area contributed by atoms with E-state index in [9.17, 15) is 14.7 Å². The summed E-state index contributed by atoms with van der Waals surface area (Å²) in [5.41, 5.74) is 4.24. The molecular formula is C32H33Cl2N5O4. The highest BCUT2D eigenvalue weighted by Gasteiger charge is 2.24. The molecule has 11 heteroatoms. The van der Waals surface area contributed by atoms with Crippen LogP contribution < -0.4 is 20.9 Å². The van der Waals surface area contributed by atoms with Crippen LogP contribution in [0.3, 0.4) is 0 Å². The van der Waals surface area contributed by atoms with E-state index in [-0.39, 0.29) is 22.7 Å². The molecule has 1 aliphatic rings. The Labute approximate surface area is 259 Å². The molecule has 3 N–H and O–H groups in total. The molecule has 0 radical (unpaired) electrons. The molecule has 9 nitrogen and oxygen atoms in total. The summed E-state index contributed by atoms with van der Waals surface area (Å²) in [4.78, 5) is 30.0. The van der Waals surface area contributed by atoms with Gasteiger partial charge in [-0.15, -0.1) is 0 Å². The van der Waals surface area contributed by atoms with E-state index in [0.29, 0.717) is 45.5 Å². The van der Waals surface area contributed by atoms with Gasteiger partial charge in [0.2, 0.25) is 5.88 Å². The molecule has 2 aromatic heterocycles. The number of aromatic nitrogens is 3. The summed E-state index contributed by atoms with van der Waals surface area (Å²) >= 11 is 13.8. The minimum atomic E-state index is -0.596. The number of methoxy groups -OCH3 is 1. The van der Waals surface area contributed by atoms with Crippen LogP contribution in [0.5, 0.6) is 5.88 Å². The summed E-state index contributed by atoms with van der Waals surface area (Å²) in [7, 11) is 3.06. The van der Waals surface area contributed by atoms with Crippen molar-refractivity contribution in [3.05, 3.63) is 91.8 Å². The van der Waals surface area contributed by atoms with Crippen molar-refractivity contribution in [3.8, 4) is 28.3 Å². The van der Waals surface area contributed by atoms with Crippen LogP contribution in [-0.2, 0) is 13.6 Å². The van der Waals surface area contributed by atoms with Gasteiger partial charge in [-0.05, 0) is 43.5 Å². The van der Waals surface area contributed by atoms with Crippen molar-refractivity contribution in [1.29, 1.82) is 0 Å². The number of hydrogen-bond donors (Lipinski definition) is 3. The Kier molecular flexibility index (Phi) is 9.46. The molecule has 5 rings (SSSR count). The van der Waals surface area contributed by atoms with E-state index in [0.717, 1.165) is 41.5 Å². The molecule has 1 aliphatic carbocycles. The van der Waals surface area contributed by atoms with E-state index in [1.807, 2.05) is 37.3 Å². The van der Waals surface area contributed by atoms with E-state index in [4.69, 9.17) is 32.9 Å². The number of halogens is 2. The molecule has 2 atom stereocenters. The van der Waals surface area contributed by atoms with E-state index in [1.54, 1.807) is 19.2 Å². The highest BCUT2D eigenvalue weighted by atomic mass is 35.5. The van der Waals surface area contributed by atoms with Gasteiger partial charge in [-0.3, -0.25) is 9.59 Å². The molecule has 4 aromatic rings. The number of anilines is 1. The standard InChI is InChI=1S/C32H33Cl2N5O4/c1-18-16-26(38-31(43-3)23(18)17-35-24-11-4-5-13-27(24)40)21-10-6-8-19(28(21)33)20-9-7-12-25(29(20)34)37-30(41)22-14-15-36-39(2)32(22)42/h6-10,12,14-16,24,27,35,40H,4-5,11,13,17H2,1-3H3,(H,37,41)/t24-,27+/m1/s1. The van der Waals surface area contributed by atoms with E-state index in [1.165, 1.54) is 19.3 Å². The van der Waals surface area contributed by atoms with Gasteiger partial charge in [0.1, 0.15) is 5.56 Å². The first kappa shape index (κ1) is 30.7. The number of carbonyl (C=O) groups excluding carboxylic acids is 1. The smallest absolute Gasteiger partial charge is 0.279 e. The monoisotopic (exact) mass is 621 g/mol. The Balaban J connectivity index is 1.44. The topological polar surface area (TPSA) is 118 Å². The molecule has 224 valence electrons. The number of nitrogens with one attached hydrogen (secondary N) is 2. The quantitative estimate of drug-likeness (QED) is 0.228. The van der Waals surface area contributed by atoms with Crippen molar-refractivity contribution < 1.29 is 14.6 Å². The number of nitrogens with zero attached hydrogens (tertiary/aromatic N) is 3. The summed E-state index contributed by atoms with van der Waals surface area (Å²) in [5, 5.41) is 21.1. The van der Waals surface area contributed by atoms with Crippen molar-refractivity contribution in [3.63, 3.8) is 0 Å². The van der Waals surface area contributed by atoms with Crippen LogP contribution in [0.4, 0.5) is 5.69 Å². The van der Waals surface area contributed by atoms with Crippen molar-refractivity contribution >= 4 is 34.8 Å². The number of hydrogen-bond acceptors (Lipinski definition) is 7. The fourth-order valence-corrected chi connectivity index (χ4v) is 6.02. The predicted molar refractivity (Wildman–Crippen MR) is 169 cm³/mol. The summed E-state index contributed by atoms with van der Waals surface area (Å²) in [6.45, 7) is 2.52. The summed E-state index contributed by atoms with van der Waals surface area (Å²) in [5.74, 6) is -0.111. The van der Waals surface area contributed by atoms with Crippen molar-refractivity contribution in [2.45, 2.75) is 51.3 Å². The average Bonchev–Trinajstić information content (AvgIpc) is 2.99. The van der Waals surface area contributed by atoms with Crippen LogP contribution in [0, 0.1) is 6.92 Å². The van der Waals surface area contributed by atoms with Gasteiger partial charge < -0.3 is 20.5 Å². The van der Waals surface area contributed by atoms with Gasteiger partial charge in [0.25, 0.3) is 11.5 Å². The highest BCUT2D eigenvalue weighted by Crippen LogP contribution is 2.41. The zero-order valence-corrected chi connectivity index (χ0v) is 25.7. The SMILES string of the molecule is COc1nc(-c2cccc(-c3cccc(NC(=O)c4ccnn(C)c4=O)c3Cl)c2Cl)cc(C)c1CN[C@@H]1CCCC[C@@H]1O. The molecule has 0 unspecified atom stereocenters. The largest absolute Gasteiger partial charge is 0.481 e. The molecular weight excluding hydrogens is 589 g/mol. The Morgan fingerprint density at radius 2 is 1.77 bits per heavy atom. The van der Waals surface area contributed by atoms with Gasteiger partial charge >= 0.3 is 0 Å². The lowest BCUT2D eigenvalue weighted by Crippen LogP contribution is -2.41. The maximum absolute atomic E-state index is 12.9. The van der Waals surface area contributed by atoms with Crippen LogP contribution in [0.2, 0.25) is 10.0 Å². The third kappa shape index (κ3) is 6.45. The van der Waals surface area contributed by atoms with Crippen molar-refractivity contribution in [2.75, 3.05) is 12.4 Å². The Morgan fingerprint density at radius 1 is 1.07 bits per heavy atom. The third-order valence-corrected chi connectivity index (χ3v) is 8.65. The molecule has 2 aromatic carbocycles. The van der Waals surface area contributed by atoms with Gasteiger partial charge in [-0.25, -0.2) is 9.67 Å². The number of aryl methyl sites for hydroxylation is 2. The van der Waals surface area contributed by atoms with Crippen LogP contribution in [-0.4, -0.2) is 45.0 Å². The fraction of sp³-hybridized carbons (Fsp3) is 0.312. The number of aliphatic hydroxyl groups is 1. The highest BCUT2D eigenvalue weighted by molar-refractivity contribution is 6.39. The average molecular weight is 623 g/mol. The minimum Gasteiger partial charge on any atom is -0.481 e. The van der Waals surface area contributed by atoms with Gasteiger partial charge in [0.15, 0.2) is 0 Å². The number of amides is 1. The maximum atomic E-state index is 12.9. The second-order valence-corrected chi connectivity index (χ2v) is 11.4.